The molecule has 3 aromatic rings. The molecule has 0 radical (unpaired) electrons. The fourth-order valence-corrected chi connectivity index (χ4v) is 5.12. The maximum absolute atomic E-state index is 13.4. The van der Waals surface area contributed by atoms with E-state index in [-0.39, 0.29) is 23.4 Å². The lowest BCUT2D eigenvalue weighted by molar-refractivity contribution is -0.124. The minimum atomic E-state index is -4.07. The molecule has 0 aliphatic carbocycles. The van der Waals surface area contributed by atoms with Gasteiger partial charge in [0.05, 0.1) is 15.9 Å². The molecule has 3 N–H and O–H groups in total. The average Bonchev–Trinajstić information content (AvgIpc) is 2.72. The quantitative estimate of drug-likeness (QED) is 0.522. The lowest BCUT2D eigenvalue weighted by atomic mass is 9.95. The van der Waals surface area contributed by atoms with Gasteiger partial charge in [-0.25, -0.2) is 8.42 Å². The van der Waals surface area contributed by atoms with Gasteiger partial charge in [0.2, 0.25) is 15.9 Å². The molecule has 4 rings (SSSR count). The molecule has 1 atom stereocenters. The van der Waals surface area contributed by atoms with Crippen molar-refractivity contribution in [1.82, 2.24) is 19.6 Å². The monoisotopic (exact) mass is 414 g/mol. The Morgan fingerprint density at radius 1 is 1.03 bits per heavy atom. The van der Waals surface area contributed by atoms with Crippen LogP contribution < -0.4 is 16.4 Å². The number of H-pyrrole nitrogens is 2. The van der Waals surface area contributed by atoms with Gasteiger partial charge in [-0.1, -0.05) is 24.3 Å². The number of amides is 1. The summed E-state index contributed by atoms with van der Waals surface area (Å²) >= 11 is 0. The number of nitrogens with zero attached hydrogens (tertiary/aromatic N) is 1. The Morgan fingerprint density at radius 2 is 1.69 bits per heavy atom. The summed E-state index contributed by atoms with van der Waals surface area (Å²) in [4.78, 5) is 40.2. The fraction of sp³-hybridized carbons (Fsp3) is 0.211. The zero-order valence-corrected chi connectivity index (χ0v) is 16.2. The van der Waals surface area contributed by atoms with E-state index in [9.17, 15) is 22.8 Å². The Bertz CT molecular complexity index is 1340. The second-order valence-electron chi connectivity index (χ2n) is 6.77. The number of sulfonamides is 1. The number of hydrogen-bond acceptors (Lipinski definition) is 5. The van der Waals surface area contributed by atoms with Crippen molar-refractivity contribution < 1.29 is 13.2 Å². The standard InChI is InChI=1S/C19H18N4O5S/c1-20-17(24)16-8-11-4-2-3-5-12(11)10-23(16)29(27,28)13-6-7-14-15(9-13)22-19(26)18(25)21-14/h2-7,9,16H,8,10H2,1H3,(H,20,24)(H,21,25)(H,22,26). The summed E-state index contributed by atoms with van der Waals surface area (Å²) in [6.07, 6.45) is 0.257. The highest BCUT2D eigenvalue weighted by molar-refractivity contribution is 7.89. The first-order valence-electron chi connectivity index (χ1n) is 8.88. The number of carbonyl (C=O) groups is 1. The van der Waals surface area contributed by atoms with Gasteiger partial charge in [0.25, 0.3) is 0 Å². The molecule has 2 heterocycles. The number of aromatic amines is 2. The third kappa shape index (κ3) is 3.26. The van der Waals surface area contributed by atoms with E-state index in [1.807, 2.05) is 24.3 Å². The largest absolute Gasteiger partial charge is 0.358 e. The van der Waals surface area contributed by atoms with Crippen LogP contribution in [0.4, 0.5) is 0 Å². The van der Waals surface area contributed by atoms with Crippen molar-refractivity contribution in [3.8, 4) is 0 Å². The lowest BCUT2D eigenvalue weighted by Crippen LogP contribution is -2.51. The molecule has 1 aromatic heterocycles. The number of nitrogens with one attached hydrogen (secondary N) is 3. The number of aromatic nitrogens is 2. The third-order valence-electron chi connectivity index (χ3n) is 5.05. The van der Waals surface area contributed by atoms with E-state index in [0.717, 1.165) is 11.1 Å². The van der Waals surface area contributed by atoms with E-state index in [2.05, 4.69) is 15.3 Å². The predicted octanol–water partition coefficient (Wildman–Crippen LogP) is 0.0780. The van der Waals surface area contributed by atoms with Gasteiger partial charge in [-0.2, -0.15) is 4.31 Å². The highest BCUT2D eigenvalue weighted by atomic mass is 32.2. The van der Waals surface area contributed by atoms with Crippen molar-refractivity contribution in [2.75, 3.05) is 7.05 Å². The molecule has 1 unspecified atom stereocenters. The molecule has 10 heteroatoms. The summed E-state index contributed by atoms with van der Waals surface area (Å²) in [5.74, 6) is -0.401. The minimum absolute atomic E-state index is 0.0524. The molecule has 29 heavy (non-hydrogen) atoms. The maximum Gasteiger partial charge on any atom is 0.314 e. The van der Waals surface area contributed by atoms with E-state index >= 15 is 0 Å². The van der Waals surface area contributed by atoms with Gasteiger partial charge in [-0.3, -0.25) is 14.4 Å². The average molecular weight is 414 g/mol. The second kappa shape index (κ2) is 6.98. The topological polar surface area (TPSA) is 132 Å². The van der Waals surface area contributed by atoms with Gasteiger partial charge in [-0.05, 0) is 35.7 Å². The summed E-state index contributed by atoms with van der Waals surface area (Å²) in [5, 5.41) is 2.53. The van der Waals surface area contributed by atoms with Crippen molar-refractivity contribution in [1.29, 1.82) is 0 Å². The van der Waals surface area contributed by atoms with Crippen LogP contribution in [0.3, 0.4) is 0 Å². The molecule has 9 nitrogen and oxygen atoms in total. The molecular weight excluding hydrogens is 396 g/mol. The van der Waals surface area contributed by atoms with Crippen LogP contribution in [0.25, 0.3) is 11.0 Å². The Hall–Kier alpha value is -3.24. The van der Waals surface area contributed by atoms with Gasteiger partial charge in [0.1, 0.15) is 6.04 Å². The molecule has 0 spiro atoms. The molecular formula is C19H18N4O5S. The molecule has 0 fully saturated rings. The molecule has 1 aliphatic rings. The number of likely N-dealkylation sites (N-methyl/N-ethyl adjacent to an activating group) is 1. The van der Waals surface area contributed by atoms with Crippen LogP contribution in [-0.4, -0.2) is 41.7 Å². The van der Waals surface area contributed by atoms with Crippen LogP contribution in [0.2, 0.25) is 0 Å². The summed E-state index contributed by atoms with van der Waals surface area (Å²) in [7, 11) is -2.60. The zero-order valence-electron chi connectivity index (χ0n) is 15.4. The van der Waals surface area contributed by atoms with E-state index in [1.165, 1.54) is 29.6 Å². The van der Waals surface area contributed by atoms with Crippen LogP contribution >= 0.6 is 0 Å². The molecule has 150 valence electrons. The maximum atomic E-state index is 13.4. The summed E-state index contributed by atoms with van der Waals surface area (Å²) in [6, 6.07) is 10.5. The first-order chi connectivity index (χ1) is 13.8. The highest BCUT2D eigenvalue weighted by Gasteiger charge is 2.39. The Morgan fingerprint density at radius 3 is 2.38 bits per heavy atom. The Kier molecular flexibility index (Phi) is 4.59. The molecule has 0 saturated carbocycles. The molecule has 2 aromatic carbocycles. The number of rotatable bonds is 3. The third-order valence-corrected chi connectivity index (χ3v) is 6.91. The van der Waals surface area contributed by atoms with Gasteiger partial charge < -0.3 is 15.3 Å². The molecule has 1 aliphatic heterocycles. The second-order valence-corrected chi connectivity index (χ2v) is 8.66. The summed E-state index contributed by atoms with van der Waals surface area (Å²) < 4.78 is 28.0. The summed E-state index contributed by atoms with van der Waals surface area (Å²) in [6.45, 7) is 0.0524. The number of carbonyl (C=O) groups excluding carboxylic acids is 1. The Labute approximate surface area is 165 Å². The van der Waals surface area contributed by atoms with E-state index in [4.69, 9.17) is 0 Å². The Balaban J connectivity index is 1.83. The van der Waals surface area contributed by atoms with Gasteiger partial charge >= 0.3 is 11.1 Å². The first kappa shape index (κ1) is 19.1. The van der Waals surface area contributed by atoms with Crippen LogP contribution in [0.1, 0.15) is 11.1 Å². The van der Waals surface area contributed by atoms with Crippen LogP contribution in [0, 0.1) is 0 Å². The molecule has 0 saturated heterocycles. The van der Waals surface area contributed by atoms with Crippen molar-refractivity contribution in [2.45, 2.75) is 23.9 Å². The SMILES string of the molecule is CNC(=O)C1Cc2ccccc2CN1S(=O)(=O)c1ccc2[nH]c(=O)c(=O)[nH]c2c1. The molecule has 1 amide bonds. The normalized spacial score (nSPS) is 17.1. The van der Waals surface area contributed by atoms with Gasteiger partial charge in [0.15, 0.2) is 0 Å². The van der Waals surface area contributed by atoms with Crippen molar-refractivity contribution >= 4 is 27.0 Å². The first-order valence-corrected chi connectivity index (χ1v) is 10.3. The number of hydrogen-bond donors (Lipinski definition) is 3. The van der Waals surface area contributed by atoms with Crippen LogP contribution in [0.5, 0.6) is 0 Å². The minimum Gasteiger partial charge on any atom is -0.358 e. The fourth-order valence-electron chi connectivity index (χ4n) is 3.53. The van der Waals surface area contributed by atoms with E-state index < -0.39 is 33.1 Å². The van der Waals surface area contributed by atoms with Crippen LogP contribution in [-0.2, 0) is 27.8 Å². The smallest absolute Gasteiger partial charge is 0.314 e. The molecule has 0 bridgehead atoms. The van der Waals surface area contributed by atoms with Gasteiger partial charge in [0, 0.05) is 13.6 Å². The van der Waals surface area contributed by atoms with Crippen molar-refractivity contribution in [3.05, 3.63) is 74.3 Å². The van der Waals surface area contributed by atoms with Gasteiger partial charge in [-0.15, -0.1) is 0 Å². The van der Waals surface area contributed by atoms with E-state index in [1.54, 1.807) is 0 Å². The predicted molar refractivity (Wildman–Crippen MR) is 106 cm³/mol. The lowest BCUT2D eigenvalue weighted by Gasteiger charge is -2.34. The van der Waals surface area contributed by atoms with Crippen molar-refractivity contribution in [3.63, 3.8) is 0 Å². The van der Waals surface area contributed by atoms with Crippen molar-refractivity contribution in [2.24, 2.45) is 0 Å². The zero-order chi connectivity index (χ0) is 20.8. The van der Waals surface area contributed by atoms with E-state index in [0.29, 0.717) is 5.52 Å². The highest BCUT2D eigenvalue weighted by Crippen LogP contribution is 2.29. The number of benzene rings is 2. The van der Waals surface area contributed by atoms with Crippen LogP contribution in [0.15, 0.2) is 56.9 Å². The number of fused-ring (bicyclic) bond motifs is 2. The summed E-state index contributed by atoms with van der Waals surface area (Å²) in [5.41, 5.74) is 0.551.